The van der Waals surface area contributed by atoms with Crippen molar-refractivity contribution < 1.29 is 14.7 Å². The summed E-state index contributed by atoms with van der Waals surface area (Å²) in [6.45, 7) is 7.54. The standard InChI is InChI=1S/C14H26N2O3/c1-5-9-14(4,12(17)18)15-13(19)16-10(2)7-6-8-11(16)3/h10-11H,5-9H2,1-4H3,(H,15,19)(H,17,18)/t10-,11+,14?. The van der Waals surface area contributed by atoms with E-state index >= 15 is 0 Å². The molecule has 1 saturated heterocycles. The molecule has 1 unspecified atom stereocenters. The number of rotatable bonds is 4. The second-order valence-corrected chi connectivity index (χ2v) is 5.85. The van der Waals surface area contributed by atoms with Crippen molar-refractivity contribution in [1.29, 1.82) is 0 Å². The van der Waals surface area contributed by atoms with Crippen LogP contribution in [0.5, 0.6) is 0 Å². The molecule has 0 aromatic carbocycles. The van der Waals surface area contributed by atoms with Crippen LogP contribution in [0.2, 0.25) is 0 Å². The molecule has 0 saturated carbocycles. The summed E-state index contributed by atoms with van der Waals surface area (Å²) < 4.78 is 0. The van der Waals surface area contributed by atoms with Crippen LogP contribution in [0, 0.1) is 0 Å². The van der Waals surface area contributed by atoms with Gasteiger partial charge >= 0.3 is 12.0 Å². The van der Waals surface area contributed by atoms with E-state index < -0.39 is 11.5 Å². The van der Waals surface area contributed by atoms with Gasteiger partial charge in [-0.2, -0.15) is 0 Å². The fourth-order valence-electron chi connectivity index (χ4n) is 2.85. The maximum absolute atomic E-state index is 12.4. The van der Waals surface area contributed by atoms with E-state index in [-0.39, 0.29) is 18.1 Å². The van der Waals surface area contributed by atoms with E-state index in [0.717, 1.165) is 19.3 Å². The average molecular weight is 270 g/mol. The Kier molecular flexibility index (Phi) is 5.20. The topological polar surface area (TPSA) is 69.6 Å². The van der Waals surface area contributed by atoms with Gasteiger partial charge in [-0.05, 0) is 46.5 Å². The molecule has 0 aliphatic carbocycles. The molecular weight excluding hydrogens is 244 g/mol. The number of carboxylic acids is 1. The van der Waals surface area contributed by atoms with E-state index in [1.807, 2.05) is 20.8 Å². The van der Waals surface area contributed by atoms with Gasteiger partial charge < -0.3 is 15.3 Å². The van der Waals surface area contributed by atoms with Crippen LogP contribution in [0.4, 0.5) is 4.79 Å². The number of aliphatic carboxylic acids is 1. The number of piperidine rings is 1. The fraction of sp³-hybridized carbons (Fsp3) is 0.857. The maximum atomic E-state index is 12.4. The number of carbonyl (C=O) groups is 2. The molecule has 0 aromatic heterocycles. The largest absolute Gasteiger partial charge is 0.480 e. The third kappa shape index (κ3) is 3.61. The van der Waals surface area contributed by atoms with Gasteiger partial charge in [-0.15, -0.1) is 0 Å². The molecule has 0 radical (unpaired) electrons. The predicted molar refractivity (Wildman–Crippen MR) is 74.1 cm³/mol. The highest BCUT2D eigenvalue weighted by Crippen LogP contribution is 2.23. The maximum Gasteiger partial charge on any atom is 0.329 e. The molecule has 5 heteroatoms. The summed E-state index contributed by atoms with van der Waals surface area (Å²) >= 11 is 0. The molecule has 1 heterocycles. The zero-order valence-corrected chi connectivity index (χ0v) is 12.4. The van der Waals surface area contributed by atoms with Gasteiger partial charge in [-0.3, -0.25) is 0 Å². The minimum Gasteiger partial charge on any atom is -0.480 e. The van der Waals surface area contributed by atoms with Crippen molar-refractivity contribution in [2.24, 2.45) is 0 Å². The number of amides is 2. The molecule has 3 atom stereocenters. The molecule has 5 nitrogen and oxygen atoms in total. The normalized spacial score (nSPS) is 26.6. The Labute approximate surface area is 115 Å². The molecule has 2 amide bonds. The summed E-state index contributed by atoms with van der Waals surface area (Å²) in [6, 6.07) is 0.0879. The van der Waals surface area contributed by atoms with E-state index in [1.54, 1.807) is 11.8 Å². The molecule has 1 rings (SSSR count). The van der Waals surface area contributed by atoms with Gasteiger partial charge in [0.1, 0.15) is 5.54 Å². The van der Waals surface area contributed by atoms with Gasteiger partial charge in [-0.1, -0.05) is 13.3 Å². The van der Waals surface area contributed by atoms with Crippen molar-refractivity contribution >= 4 is 12.0 Å². The second-order valence-electron chi connectivity index (χ2n) is 5.85. The zero-order valence-electron chi connectivity index (χ0n) is 12.4. The van der Waals surface area contributed by atoms with Crippen LogP contribution in [0.25, 0.3) is 0 Å². The quantitative estimate of drug-likeness (QED) is 0.825. The summed E-state index contributed by atoms with van der Waals surface area (Å²) in [5.74, 6) is -0.972. The zero-order chi connectivity index (χ0) is 14.6. The molecule has 1 fully saturated rings. The lowest BCUT2D eigenvalue weighted by Gasteiger charge is -2.40. The third-order valence-electron chi connectivity index (χ3n) is 4.03. The van der Waals surface area contributed by atoms with Crippen LogP contribution >= 0.6 is 0 Å². The third-order valence-corrected chi connectivity index (χ3v) is 4.03. The van der Waals surface area contributed by atoms with Crippen molar-refractivity contribution in [3.63, 3.8) is 0 Å². The predicted octanol–water partition coefficient (Wildman–Crippen LogP) is 2.60. The first-order chi connectivity index (χ1) is 8.81. The molecule has 0 bridgehead atoms. The highest BCUT2D eigenvalue weighted by atomic mass is 16.4. The fourth-order valence-corrected chi connectivity index (χ4v) is 2.85. The first-order valence-electron chi connectivity index (χ1n) is 7.15. The SMILES string of the molecule is CCCC(C)(NC(=O)N1[C@H](C)CCC[C@@H]1C)C(=O)O. The van der Waals surface area contributed by atoms with Crippen molar-refractivity contribution in [3.8, 4) is 0 Å². The summed E-state index contributed by atoms with van der Waals surface area (Å²) in [5.41, 5.74) is -1.18. The molecule has 1 aliphatic heterocycles. The second kappa shape index (κ2) is 6.26. The van der Waals surface area contributed by atoms with E-state index in [4.69, 9.17) is 0 Å². The lowest BCUT2D eigenvalue weighted by Crippen LogP contribution is -2.60. The number of hydrogen-bond acceptors (Lipinski definition) is 2. The Morgan fingerprint density at radius 1 is 1.32 bits per heavy atom. The Balaban J connectivity index is 2.78. The Morgan fingerprint density at radius 2 is 1.84 bits per heavy atom. The number of nitrogens with one attached hydrogen (secondary N) is 1. The highest BCUT2D eigenvalue weighted by molar-refractivity contribution is 5.86. The first-order valence-corrected chi connectivity index (χ1v) is 7.15. The molecule has 0 spiro atoms. The number of carboxylic acid groups (broad SMARTS) is 1. The molecule has 0 aromatic rings. The van der Waals surface area contributed by atoms with Gasteiger partial charge in [0.15, 0.2) is 0 Å². The van der Waals surface area contributed by atoms with E-state index in [9.17, 15) is 14.7 Å². The monoisotopic (exact) mass is 270 g/mol. The summed E-state index contributed by atoms with van der Waals surface area (Å²) in [6.07, 6.45) is 4.24. The average Bonchev–Trinajstić information content (AvgIpc) is 2.28. The van der Waals surface area contributed by atoms with Crippen LogP contribution in [-0.4, -0.2) is 39.6 Å². The lowest BCUT2D eigenvalue weighted by atomic mass is 9.95. The van der Waals surface area contributed by atoms with Crippen molar-refractivity contribution in [2.75, 3.05) is 0 Å². The van der Waals surface area contributed by atoms with Gasteiger partial charge in [0.05, 0.1) is 0 Å². The number of hydrogen-bond donors (Lipinski definition) is 2. The van der Waals surface area contributed by atoms with Crippen LogP contribution in [-0.2, 0) is 4.79 Å². The number of nitrogens with zero attached hydrogens (tertiary/aromatic N) is 1. The number of urea groups is 1. The summed E-state index contributed by atoms with van der Waals surface area (Å²) in [7, 11) is 0. The number of carbonyl (C=O) groups excluding carboxylic acids is 1. The molecule has 19 heavy (non-hydrogen) atoms. The first kappa shape index (κ1) is 15.8. The Bertz CT molecular complexity index is 336. The molecular formula is C14H26N2O3. The summed E-state index contributed by atoms with van der Waals surface area (Å²) in [5, 5.41) is 12.0. The van der Waals surface area contributed by atoms with Crippen molar-refractivity contribution in [1.82, 2.24) is 10.2 Å². The summed E-state index contributed by atoms with van der Waals surface area (Å²) in [4.78, 5) is 25.5. The lowest BCUT2D eigenvalue weighted by molar-refractivity contribution is -0.144. The van der Waals surface area contributed by atoms with Crippen LogP contribution in [0.3, 0.4) is 0 Å². The van der Waals surface area contributed by atoms with Gasteiger partial charge in [-0.25, -0.2) is 9.59 Å². The molecule has 110 valence electrons. The van der Waals surface area contributed by atoms with E-state index in [0.29, 0.717) is 12.8 Å². The van der Waals surface area contributed by atoms with Gasteiger partial charge in [0.2, 0.25) is 0 Å². The van der Waals surface area contributed by atoms with Crippen molar-refractivity contribution in [2.45, 2.75) is 77.4 Å². The van der Waals surface area contributed by atoms with Crippen molar-refractivity contribution in [3.05, 3.63) is 0 Å². The van der Waals surface area contributed by atoms with Crippen LogP contribution in [0.15, 0.2) is 0 Å². The highest BCUT2D eigenvalue weighted by Gasteiger charge is 2.37. The van der Waals surface area contributed by atoms with Gasteiger partial charge in [0, 0.05) is 12.1 Å². The Morgan fingerprint density at radius 3 is 2.26 bits per heavy atom. The van der Waals surface area contributed by atoms with Crippen LogP contribution in [0.1, 0.15) is 59.8 Å². The molecule has 1 aliphatic rings. The van der Waals surface area contributed by atoms with E-state index in [1.165, 1.54) is 0 Å². The van der Waals surface area contributed by atoms with E-state index in [2.05, 4.69) is 5.32 Å². The minimum absolute atomic E-state index is 0.170. The smallest absolute Gasteiger partial charge is 0.329 e. The van der Waals surface area contributed by atoms with Crippen LogP contribution < -0.4 is 5.32 Å². The number of likely N-dealkylation sites (tertiary alicyclic amines) is 1. The van der Waals surface area contributed by atoms with Gasteiger partial charge in [0.25, 0.3) is 0 Å². The Hall–Kier alpha value is -1.26. The minimum atomic E-state index is -1.18. The molecule has 2 N–H and O–H groups in total.